The Morgan fingerprint density at radius 3 is 2.90 bits per heavy atom. The zero-order valence-electron chi connectivity index (χ0n) is 11.1. The number of benzene rings is 2. The normalized spacial score (nSPS) is 17.2. The van der Waals surface area contributed by atoms with E-state index >= 15 is 0 Å². The number of nitrogens with one attached hydrogen (secondary N) is 1. The number of fused-ring (bicyclic) bond motifs is 1. The molecule has 3 rings (SSSR count). The standard InChI is InChI=1S/C16H15BrFNO/c1-10-2-4-15(13(18)8-10)19-14-6-7-20-16-5-3-11(17)9-12(14)16/h2-5,8-9,14,19H,6-7H2,1H3. The summed E-state index contributed by atoms with van der Waals surface area (Å²) in [5.74, 6) is 0.650. The quantitative estimate of drug-likeness (QED) is 0.848. The van der Waals surface area contributed by atoms with Crippen LogP contribution in [0.3, 0.4) is 0 Å². The van der Waals surface area contributed by atoms with Gasteiger partial charge in [-0.3, -0.25) is 0 Å². The van der Waals surface area contributed by atoms with Crippen molar-refractivity contribution in [2.24, 2.45) is 0 Å². The topological polar surface area (TPSA) is 21.3 Å². The number of aryl methyl sites for hydroxylation is 1. The number of rotatable bonds is 2. The second-order valence-corrected chi connectivity index (χ2v) is 5.92. The summed E-state index contributed by atoms with van der Waals surface area (Å²) in [4.78, 5) is 0. The van der Waals surface area contributed by atoms with Gasteiger partial charge in [-0.15, -0.1) is 0 Å². The number of ether oxygens (including phenoxy) is 1. The van der Waals surface area contributed by atoms with Gasteiger partial charge in [0, 0.05) is 16.5 Å². The number of anilines is 1. The average molecular weight is 336 g/mol. The molecule has 1 heterocycles. The summed E-state index contributed by atoms with van der Waals surface area (Å²) >= 11 is 3.47. The monoisotopic (exact) mass is 335 g/mol. The molecule has 0 saturated heterocycles. The molecule has 0 bridgehead atoms. The van der Waals surface area contributed by atoms with E-state index in [1.807, 2.05) is 31.2 Å². The van der Waals surface area contributed by atoms with Gasteiger partial charge in [-0.1, -0.05) is 22.0 Å². The summed E-state index contributed by atoms with van der Waals surface area (Å²) in [6, 6.07) is 11.2. The Kier molecular flexibility index (Phi) is 3.66. The molecule has 0 radical (unpaired) electrons. The maximum Gasteiger partial charge on any atom is 0.146 e. The second-order valence-electron chi connectivity index (χ2n) is 5.00. The predicted molar refractivity (Wildman–Crippen MR) is 81.8 cm³/mol. The largest absolute Gasteiger partial charge is 0.493 e. The zero-order valence-corrected chi connectivity index (χ0v) is 12.7. The van der Waals surface area contributed by atoms with Crippen molar-refractivity contribution < 1.29 is 9.13 Å². The van der Waals surface area contributed by atoms with Crippen LogP contribution in [0.15, 0.2) is 40.9 Å². The van der Waals surface area contributed by atoms with Gasteiger partial charge < -0.3 is 10.1 Å². The summed E-state index contributed by atoms with van der Waals surface area (Å²) in [5.41, 5.74) is 2.52. The van der Waals surface area contributed by atoms with Crippen molar-refractivity contribution in [2.75, 3.05) is 11.9 Å². The van der Waals surface area contributed by atoms with Crippen molar-refractivity contribution in [2.45, 2.75) is 19.4 Å². The highest BCUT2D eigenvalue weighted by Crippen LogP contribution is 2.36. The highest BCUT2D eigenvalue weighted by molar-refractivity contribution is 9.10. The Labute approximate surface area is 126 Å². The molecule has 104 valence electrons. The summed E-state index contributed by atoms with van der Waals surface area (Å²) in [5, 5.41) is 3.28. The van der Waals surface area contributed by atoms with Gasteiger partial charge in [0.1, 0.15) is 11.6 Å². The van der Waals surface area contributed by atoms with E-state index < -0.39 is 0 Å². The summed E-state index contributed by atoms with van der Waals surface area (Å²) in [6.45, 7) is 2.52. The van der Waals surface area contributed by atoms with Crippen LogP contribution in [0.5, 0.6) is 5.75 Å². The first-order valence-electron chi connectivity index (χ1n) is 6.58. The molecule has 20 heavy (non-hydrogen) atoms. The van der Waals surface area contributed by atoms with Gasteiger partial charge in [-0.2, -0.15) is 0 Å². The Hall–Kier alpha value is -1.55. The van der Waals surface area contributed by atoms with Crippen molar-refractivity contribution in [3.8, 4) is 5.75 Å². The smallest absolute Gasteiger partial charge is 0.146 e. The lowest BCUT2D eigenvalue weighted by molar-refractivity contribution is 0.274. The van der Waals surface area contributed by atoms with Crippen LogP contribution in [0.2, 0.25) is 0 Å². The highest BCUT2D eigenvalue weighted by Gasteiger charge is 2.22. The lowest BCUT2D eigenvalue weighted by atomic mass is 10.00. The van der Waals surface area contributed by atoms with Gasteiger partial charge in [0.25, 0.3) is 0 Å². The van der Waals surface area contributed by atoms with Gasteiger partial charge in [0.15, 0.2) is 0 Å². The maximum absolute atomic E-state index is 14.0. The van der Waals surface area contributed by atoms with Gasteiger partial charge >= 0.3 is 0 Å². The predicted octanol–water partition coefficient (Wildman–Crippen LogP) is 4.83. The molecule has 1 N–H and O–H groups in total. The first kappa shape index (κ1) is 13.4. The van der Waals surface area contributed by atoms with Crippen molar-refractivity contribution in [3.63, 3.8) is 0 Å². The number of hydrogen-bond acceptors (Lipinski definition) is 2. The SMILES string of the molecule is Cc1ccc(NC2CCOc3ccc(Br)cc32)c(F)c1. The molecule has 2 aromatic carbocycles. The Balaban J connectivity index is 1.91. The molecule has 0 fully saturated rings. The molecule has 0 amide bonds. The lowest BCUT2D eigenvalue weighted by Crippen LogP contribution is -2.20. The summed E-state index contributed by atoms with van der Waals surface area (Å²) in [6.07, 6.45) is 0.816. The van der Waals surface area contributed by atoms with Gasteiger partial charge in [-0.05, 0) is 42.8 Å². The van der Waals surface area contributed by atoms with E-state index in [1.165, 1.54) is 0 Å². The molecule has 0 aliphatic carbocycles. The Morgan fingerprint density at radius 1 is 1.25 bits per heavy atom. The molecular formula is C16H15BrFNO. The van der Waals surface area contributed by atoms with Crippen LogP contribution in [-0.4, -0.2) is 6.61 Å². The highest BCUT2D eigenvalue weighted by atomic mass is 79.9. The van der Waals surface area contributed by atoms with Crippen LogP contribution in [0, 0.1) is 12.7 Å². The molecule has 0 aromatic heterocycles. The molecule has 1 aliphatic heterocycles. The molecule has 0 spiro atoms. The fourth-order valence-electron chi connectivity index (χ4n) is 2.44. The van der Waals surface area contributed by atoms with Crippen LogP contribution in [0.25, 0.3) is 0 Å². The third-order valence-electron chi connectivity index (χ3n) is 3.47. The second kappa shape index (κ2) is 5.44. The minimum absolute atomic E-state index is 0.0634. The third kappa shape index (κ3) is 2.66. The molecule has 1 aliphatic rings. The minimum Gasteiger partial charge on any atom is -0.493 e. The van der Waals surface area contributed by atoms with E-state index in [9.17, 15) is 4.39 Å². The van der Waals surface area contributed by atoms with Crippen molar-refractivity contribution in [1.29, 1.82) is 0 Å². The number of halogens is 2. The van der Waals surface area contributed by atoms with E-state index in [0.29, 0.717) is 12.3 Å². The summed E-state index contributed by atoms with van der Waals surface area (Å²) in [7, 11) is 0. The Morgan fingerprint density at radius 2 is 2.10 bits per heavy atom. The molecular weight excluding hydrogens is 321 g/mol. The molecule has 0 saturated carbocycles. The Bertz CT molecular complexity index is 644. The first-order chi connectivity index (χ1) is 9.63. The maximum atomic E-state index is 14.0. The average Bonchev–Trinajstić information content (AvgIpc) is 2.42. The van der Waals surface area contributed by atoms with Crippen LogP contribution in [0.4, 0.5) is 10.1 Å². The first-order valence-corrected chi connectivity index (χ1v) is 7.38. The fraction of sp³-hybridized carbons (Fsp3) is 0.250. The zero-order chi connectivity index (χ0) is 14.1. The molecule has 2 nitrogen and oxygen atoms in total. The van der Waals surface area contributed by atoms with Crippen molar-refractivity contribution >= 4 is 21.6 Å². The van der Waals surface area contributed by atoms with E-state index in [-0.39, 0.29) is 11.9 Å². The third-order valence-corrected chi connectivity index (χ3v) is 3.96. The van der Waals surface area contributed by atoms with E-state index in [2.05, 4.69) is 21.2 Å². The van der Waals surface area contributed by atoms with E-state index in [1.54, 1.807) is 12.1 Å². The number of hydrogen-bond donors (Lipinski definition) is 1. The van der Waals surface area contributed by atoms with E-state index in [4.69, 9.17) is 4.74 Å². The van der Waals surface area contributed by atoms with Gasteiger partial charge in [-0.25, -0.2) is 4.39 Å². The van der Waals surface area contributed by atoms with Gasteiger partial charge in [0.2, 0.25) is 0 Å². The summed E-state index contributed by atoms with van der Waals surface area (Å²) < 4.78 is 20.6. The lowest BCUT2D eigenvalue weighted by Gasteiger charge is -2.28. The molecule has 4 heteroatoms. The van der Waals surface area contributed by atoms with E-state index in [0.717, 1.165) is 27.8 Å². The molecule has 1 unspecified atom stereocenters. The van der Waals surface area contributed by atoms with Crippen molar-refractivity contribution in [1.82, 2.24) is 0 Å². The van der Waals surface area contributed by atoms with Gasteiger partial charge in [0.05, 0.1) is 18.3 Å². The van der Waals surface area contributed by atoms with Crippen LogP contribution in [-0.2, 0) is 0 Å². The minimum atomic E-state index is -0.215. The van der Waals surface area contributed by atoms with Crippen LogP contribution >= 0.6 is 15.9 Å². The van der Waals surface area contributed by atoms with Crippen LogP contribution in [0.1, 0.15) is 23.6 Å². The molecule has 1 atom stereocenters. The van der Waals surface area contributed by atoms with Crippen LogP contribution < -0.4 is 10.1 Å². The van der Waals surface area contributed by atoms with Crippen molar-refractivity contribution in [3.05, 3.63) is 57.8 Å². The fourth-order valence-corrected chi connectivity index (χ4v) is 2.82. The molecule has 2 aromatic rings.